The van der Waals surface area contributed by atoms with Gasteiger partial charge in [-0.1, -0.05) is 11.2 Å². The normalized spacial score (nSPS) is 33.6. The van der Waals surface area contributed by atoms with Crippen LogP contribution in [0.5, 0.6) is 0 Å². The molecule has 0 spiro atoms. The molecule has 0 radical (unpaired) electrons. The van der Waals surface area contributed by atoms with Gasteiger partial charge in [0.25, 0.3) is 0 Å². The summed E-state index contributed by atoms with van der Waals surface area (Å²) in [5, 5.41) is 36.2. The van der Waals surface area contributed by atoms with Gasteiger partial charge in [0.2, 0.25) is 5.91 Å². The Hall–Kier alpha value is -1.68. The van der Waals surface area contributed by atoms with Crippen molar-refractivity contribution in [1.29, 1.82) is 0 Å². The van der Waals surface area contributed by atoms with Crippen molar-refractivity contribution in [1.82, 2.24) is 5.32 Å². The predicted octanol–water partition coefficient (Wildman–Crippen LogP) is -0.797. The molecule has 0 aromatic carbocycles. The lowest BCUT2D eigenvalue weighted by atomic mass is 9.79. The second kappa shape index (κ2) is 8.82. The molecule has 23 heavy (non-hydrogen) atoms. The van der Waals surface area contributed by atoms with E-state index in [9.17, 15) is 20.1 Å². The number of hydrogen-bond donors (Lipinski definition) is 4. The Balaban J connectivity index is 3.04. The van der Waals surface area contributed by atoms with Gasteiger partial charge in [0.05, 0.1) is 13.2 Å². The third kappa shape index (κ3) is 4.64. The fourth-order valence-electron chi connectivity index (χ4n) is 2.49. The minimum atomic E-state index is -1.83. The van der Waals surface area contributed by atoms with Crippen LogP contribution in [0.4, 0.5) is 0 Å². The molecule has 10 nitrogen and oxygen atoms in total. The first-order valence-corrected chi connectivity index (χ1v) is 7.08. The number of azide groups is 1. The van der Waals surface area contributed by atoms with Crippen molar-refractivity contribution in [2.75, 3.05) is 19.8 Å². The maximum absolute atomic E-state index is 11.4. The molecule has 1 aliphatic rings. The van der Waals surface area contributed by atoms with Gasteiger partial charge in [0.15, 0.2) is 6.29 Å². The first-order chi connectivity index (χ1) is 10.9. The number of carbonyl (C=O) groups excluding carboxylic acids is 1. The van der Waals surface area contributed by atoms with E-state index in [2.05, 4.69) is 21.9 Å². The Morgan fingerprint density at radius 1 is 1.65 bits per heavy atom. The molecule has 5 atom stereocenters. The fraction of sp³-hybridized carbons (Fsp3) is 0.769. The molecule has 1 saturated heterocycles. The summed E-state index contributed by atoms with van der Waals surface area (Å²) in [4.78, 5) is 14.0. The van der Waals surface area contributed by atoms with Crippen LogP contribution in [0.25, 0.3) is 10.4 Å². The number of ether oxygens (including phenoxy) is 2. The second-order valence-electron chi connectivity index (χ2n) is 5.16. The van der Waals surface area contributed by atoms with Crippen molar-refractivity contribution in [2.45, 2.75) is 43.5 Å². The maximum Gasteiger partial charge on any atom is 0.217 e. The molecule has 0 aromatic rings. The summed E-state index contributed by atoms with van der Waals surface area (Å²) >= 11 is 0. The smallest absolute Gasteiger partial charge is 0.217 e. The van der Waals surface area contributed by atoms with Crippen LogP contribution in [-0.4, -0.2) is 71.1 Å². The summed E-state index contributed by atoms with van der Waals surface area (Å²) in [6, 6.07) is -1.10. The highest BCUT2D eigenvalue weighted by atomic mass is 16.7. The average molecular weight is 330 g/mol. The first-order valence-electron chi connectivity index (χ1n) is 7.08. The molecular weight excluding hydrogens is 308 g/mol. The molecule has 1 heterocycles. The topological polar surface area (TPSA) is 157 Å². The highest BCUT2D eigenvalue weighted by Gasteiger charge is 2.55. The molecule has 0 aliphatic carbocycles. The van der Waals surface area contributed by atoms with Gasteiger partial charge in [-0.3, -0.25) is 4.79 Å². The van der Waals surface area contributed by atoms with E-state index in [1.807, 2.05) is 0 Å². The largest absolute Gasteiger partial charge is 0.394 e. The molecule has 4 N–H and O–H groups in total. The van der Waals surface area contributed by atoms with E-state index in [0.29, 0.717) is 0 Å². The number of amides is 1. The number of nitrogens with one attached hydrogen (secondary N) is 1. The summed E-state index contributed by atoms with van der Waals surface area (Å²) in [6.07, 6.45) is -2.38. The lowest BCUT2D eigenvalue weighted by Crippen LogP contribution is -2.71. The summed E-state index contributed by atoms with van der Waals surface area (Å²) in [5.74, 6) is -0.459. The van der Waals surface area contributed by atoms with E-state index in [1.165, 1.54) is 13.0 Å². The van der Waals surface area contributed by atoms with Gasteiger partial charge in [-0.2, -0.15) is 0 Å². The fourth-order valence-corrected chi connectivity index (χ4v) is 2.49. The molecule has 0 unspecified atom stereocenters. The zero-order valence-electron chi connectivity index (χ0n) is 12.8. The van der Waals surface area contributed by atoms with Crippen LogP contribution in [0.3, 0.4) is 0 Å². The molecule has 1 rings (SSSR count). The lowest BCUT2D eigenvalue weighted by molar-refractivity contribution is -0.298. The summed E-state index contributed by atoms with van der Waals surface area (Å²) in [6.45, 7) is 4.22. The average Bonchev–Trinajstić information content (AvgIpc) is 2.50. The van der Waals surface area contributed by atoms with Gasteiger partial charge in [-0.25, -0.2) is 0 Å². The van der Waals surface area contributed by atoms with Gasteiger partial charge in [-0.15, -0.1) is 6.58 Å². The highest BCUT2D eigenvalue weighted by molar-refractivity contribution is 5.73. The van der Waals surface area contributed by atoms with Gasteiger partial charge in [0.1, 0.15) is 23.9 Å². The SMILES string of the molecule is C=CC[C@]1(O)[C@H](O)[C@@H](CO)O[C@H](OCCN=[N+]=[N-])[C@H]1NC(C)=O. The quantitative estimate of drug-likeness (QED) is 0.150. The predicted molar refractivity (Wildman–Crippen MR) is 79.1 cm³/mol. The number of hydrogen-bond acceptors (Lipinski definition) is 7. The standard InChI is InChI=1S/C13H22N4O6/c1-3-4-13(21)10(16-8(2)19)12(22-6-5-15-17-14)23-9(7-18)11(13)20/h3,9-12,18,20-21H,1,4-7H2,2H3,(H,16,19)/t9-,10-,11-,12+,13-/m1/s1. The van der Waals surface area contributed by atoms with E-state index in [4.69, 9.17) is 15.0 Å². The van der Waals surface area contributed by atoms with Crippen LogP contribution in [0.2, 0.25) is 0 Å². The van der Waals surface area contributed by atoms with Crippen LogP contribution in [0, 0.1) is 0 Å². The first kappa shape index (κ1) is 19.4. The number of carbonyl (C=O) groups is 1. The summed E-state index contributed by atoms with van der Waals surface area (Å²) in [5.41, 5.74) is 6.41. The van der Waals surface area contributed by atoms with Crippen molar-refractivity contribution < 1.29 is 29.6 Å². The van der Waals surface area contributed by atoms with E-state index in [-0.39, 0.29) is 19.6 Å². The monoisotopic (exact) mass is 330 g/mol. The van der Waals surface area contributed by atoms with Crippen LogP contribution in [0.15, 0.2) is 17.8 Å². The van der Waals surface area contributed by atoms with E-state index in [1.54, 1.807) is 0 Å². The van der Waals surface area contributed by atoms with Crippen LogP contribution in [-0.2, 0) is 14.3 Å². The Morgan fingerprint density at radius 2 is 2.35 bits per heavy atom. The zero-order chi connectivity index (χ0) is 17.5. The molecule has 0 bridgehead atoms. The molecule has 1 aliphatic heterocycles. The van der Waals surface area contributed by atoms with Crippen LogP contribution in [0.1, 0.15) is 13.3 Å². The van der Waals surface area contributed by atoms with Gasteiger partial charge >= 0.3 is 0 Å². The summed E-state index contributed by atoms with van der Waals surface area (Å²) < 4.78 is 10.8. The zero-order valence-corrected chi connectivity index (χ0v) is 12.8. The number of nitrogens with zero attached hydrogens (tertiary/aromatic N) is 3. The number of rotatable bonds is 8. The Bertz CT molecular complexity index is 469. The molecule has 1 fully saturated rings. The van der Waals surface area contributed by atoms with E-state index >= 15 is 0 Å². The van der Waals surface area contributed by atoms with Gasteiger partial charge in [-0.05, 0) is 12.0 Å². The molecule has 10 heteroatoms. The minimum Gasteiger partial charge on any atom is -0.394 e. The Morgan fingerprint density at radius 3 is 2.87 bits per heavy atom. The van der Waals surface area contributed by atoms with Crippen molar-refractivity contribution in [2.24, 2.45) is 5.11 Å². The van der Waals surface area contributed by atoms with Crippen molar-refractivity contribution in [3.05, 3.63) is 23.1 Å². The third-order valence-electron chi connectivity index (χ3n) is 3.53. The highest BCUT2D eigenvalue weighted by Crippen LogP contribution is 2.33. The third-order valence-corrected chi connectivity index (χ3v) is 3.53. The molecule has 0 saturated carbocycles. The van der Waals surface area contributed by atoms with Crippen molar-refractivity contribution in [3.63, 3.8) is 0 Å². The van der Waals surface area contributed by atoms with E-state index < -0.39 is 42.7 Å². The van der Waals surface area contributed by atoms with Gasteiger partial charge in [0, 0.05) is 18.4 Å². The van der Waals surface area contributed by atoms with E-state index in [0.717, 1.165) is 0 Å². The minimum absolute atomic E-state index is 0.0232. The Labute approximate surface area is 133 Å². The van der Waals surface area contributed by atoms with Crippen molar-refractivity contribution in [3.8, 4) is 0 Å². The number of aliphatic hydroxyl groups is 3. The van der Waals surface area contributed by atoms with Crippen molar-refractivity contribution >= 4 is 5.91 Å². The molecule has 1 amide bonds. The number of aliphatic hydroxyl groups excluding tert-OH is 2. The van der Waals surface area contributed by atoms with Gasteiger partial charge < -0.3 is 30.1 Å². The second-order valence-corrected chi connectivity index (χ2v) is 5.16. The molecular formula is C13H22N4O6. The van der Waals surface area contributed by atoms with Crippen LogP contribution >= 0.6 is 0 Å². The molecule has 130 valence electrons. The lowest BCUT2D eigenvalue weighted by Gasteiger charge is -2.49. The maximum atomic E-state index is 11.4. The summed E-state index contributed by atoms with van der Waals surface area (Å²) in [7, 11) is 0. The molecule has 0 aromatic heterocycles. The Kier molecular flexibility index (Phi) is 7.43. The van der Waals surface area contributed by atoms with Crippen LogP contribution < -0.4 is 5.32 Å².